The van der Waals surface area contributed by atoms with Crippen LogP contribution in [0.3, 0.4) is 0 Å². The molecule has 2 aromatic carbocycles. The summed E-state index contributed by atoms with van der Waals surface area (Å²) in [6.07, 6.45) is 4.00. The molecule has 3 aromatic rings. The molecule has 5 heteroatoms. The van der Waals surface area contributed by atoms with Crippen LogP contribution in [0.15, 0.2) is 60.9 Å². The van der Waals surface area contributed by atoms with Crippen LogP contribution in [0.2, 0.25) is 0 Å². The second kappa shape index (κ2) is 7.58. The van der Waals surface area contributed by atoms with Crippen LogP contribution < -0.4 is 10.2 Å². The largest absolute Gasteiger partial charge is 0.357 e. The minimum Gasteiger partial charge on any atom is -0.357 e. The summed E-state index contributed by atoms with van der Waals surface area (Å²) in [7, 11) is 0. The molecule has 1 N–H and O–H groups in total. The van der Waals surface area contributed by atoms with Crippen molar-refractivity contribution in [1.82, 2.24) is 9.97 Å². The standard InChI is InChI=1S/C22H22N4O/c1-16-7-9-19(10-8-16)25-22(27)18-6-4-5-17(13-18)20-14-21(24-15-23-20)26-11-2-3-12-26/h4-10,13-15H,2-3,11-12H2,1H3,(H,25,27). The number of nitrogens with zero attached hydrogens (tertiary/aromatic N) is 3. The Kier molecular flexibility index (Phi) is 4.83. The lowest BCUT2D eigenvalue weighted by atomic mass is 10.1. The first-order valence-corrected chi connectivity index (χ1v) is 9.24. The average Bonchev–Trinajstić information content (AvgIpc) is 3.25. The third-order valence-electron chi connectivity index (χ3n) is 4.81. The Bertz CT molecular complexity index is 947. The maximum absolute atomic E-state index is 12.6. The van der Waals surface area contributed by atoms with Gasteiger partial charge in [0.2, 0.25) is 0 Å². The van der Waals surface area contributed by atoms with E-state index in [0.29, 0.717) is 5.56 Å². The fraction of sp³-hybridized carbons (Fsp3) is 0.227. The van der Waals surface area contributed by atoms with E-state index in [1.807, 2.05) is 61.5 Å². The quantitative estimate of drug-likeness (QED) is 0.755. The van der Waals surface area contributed by atoms with Crippen molar-refractivity contribution in [2.75, 3.05) is 23.3 Å². The molecule has 136 valence electrons. The number of anilines is 2. The van der Waals surface area contributed by atoms with Crippen molar-refractivity contribution in [3.63, 3.8) is 0 Å². The number of nitrogens with one attached hydrogen (secondary N) is 1. The highest BCUT2D eigenvalue weighted by molar-refractivity contribution is 6.04. The van der Waals surface area contributed by atoms with Crippen molar-refractivity contribution >= 4 is 17.4 Å². The highest BCUT2D eigenvalue weighted by Gasteiger charge is 2.15. The van der Waals surface area contributed by atoms with Gasteiger partial charge in [-0.2, -0.15) is 0 Å². The van der Waals surface area contributed by atoms with Gasteiger partial charge in [-0.25, -0.2) is 9.97 Å². The van der Waals surface area contributed by atoms with Crippen molar-refractivity contribution < 1.29 is 4.79 Å². The highest BCUT2D eigenvalue weighted by Crippen LogP contribution is 2.24. The first-order valence-electron chi connectivity index (χ1n) is 9.24. The zero-order chi connectivity index (χ0) is 18.6. The summed E-state index contributed by atoms with van der Waals surface area (Å²) in [4.78, 5) is 23.7. The van der Waals surface area contributed by atoms with E-state index in [9.17, 15) is 4.79 Å². The van der Waals surface area contributed by atoms with Gasteiger partial charge in [0.25, 0.3) is 5.91 Å². The Morgan fingerprint density at radius 2 is 1.78 bits per heavy atom. The number of hydrogen-bond donors (Lipinski definition) is 1. The van der Waals surface area contributed by atoms with E-state index in [-0.39, 0.29) is 5.91 Å². The monoisotopic (exact) mass is 358 g/mol. The number of carbonyl (C=O) groups excluding carboxylic acids is 1. The third-order valence-corrected chi connectivity index (χ3v) is 4.81. The molecule has 1 aliphatic rings. The van der Waals surface area contributed by atoms with E-state index < -0.39 is 0 Å². The minimum absolute atomic E-state index is 0.130. The molecule has 1 amide bonds. The van der Waals surface area contributed by atoms with Gasteiger partial charge in [-0.1, -0.05) is 29.8 Å². The number of hydrogen-bond acceptors (Lipinski definition) is 4. The molecule has 1 aromatic heterocycles. The number of rotatable bonds is 4. The Balaban J connectivity index is 1.56. The van der Waals surface area contributed by atoms with Crippen molar-refractivity contribution in [2.24, 2.45) is 0 Å². The molecule has 27 heavy (non-hydrogen) atoms. The normalized spacial score (nSPS) is 13.6. The lowest BCUT2D eigenvalue weighted by Crippen LogP contribution is -2.19. The van der Waals surface area contributed by atoms with E-state index in [4.69, 9.17) is 0 Å². The van der Waals surface area contributed by atoms with Crippen LogP contribution in [0.4, 0.5) is 11.5 Å². The van der Waals surface area contributed by atoms with Crippen molar-refractivity contribution in [3.8, 4) is 11.3 Å². The van der Waals surface area contributed by atoms with Crippen LogP contribution >= 0.6 is 0 Å². The number of carbonyl (C=O) groups is 1. The van der Waals surface area contributed by atoms with E-state index in [0.717, 1.165) is 41.4 Å². The molecule has 0 unspecified atom stereocenters. The molecule has 2 heterocycles. The van der Waals surface area contributed by atoms with Gasteiger partial charge < -0.3 is 10.2 Å². The van der Waals surface area contributed by atoms with E-state index in [1.54, 1.807) is 6.33 Å². The summed E-state index contributed by atoms with van der Waals surface area (Å²) in [6, 6.07) is 17.3. The summed E-state index contributed by atoms with van der Waals surface area (Å²) >= 11 is 0. The van der Waals surface area contributed by atoms with Gasteiger partial charge in [0.05, 0.1) is 5.69 Å². The predicted molar refractivity (Wildman–Crippen MR) is 108 cm³/mol. The Morgan fingerprint density at radius 1 is 1.00 bits per heavy atom. The van der Waals surface area contributed by atoms with Crippen LogP contribution in [0, 0.1) is 6.92 Å². The molecule has 0 radical (unpaired) electrons. The fourth-order valence-corrected chi connectivity index (χ4v) is 3.28. The molecular weight excluding hydrogens is 336 g/mol. The Morgan fingerprint density at radius 3 is 2.56 bits per heavy atom. The van der Waals surface area contributed by atoms with E-state index in [2.05, 4.69) is 20.2 Å². The zero-order valence-corrected chi connectivity index (χ0v) is 15.4. The topological polar surface area (TPSA) is 58.1 Å². The van der Waals surface area contributed by atoms with E-state index >= 15 is 0 Å². The smallest absolute Gasteiger partial charge is 0.255 e. The number of aryl methyl sites for hydroxylation is 1. The van der Waals surface area contributed by atoms with Gasteiger partial charge in [-0.05, 0) is 44.0 Å². The maximum atomic E-state index is 12.6. The molecule has 0 atom stereocenters. The van der Waals surface area contributed by atoms with Crippen molar-refractivity contribution in [1.29, 1.82) is 0 Å². The second-order valence-corrected chi connectivity index (χ2v) is 6.86. The fourth-order valence-electron chi connectivity index (χ4n) is 3.28. The first-order chi connectivity index (χ1) is 13.2. The van der Waals surface area contributed by atoms with Crippen molar-refractivity contribution in [2.45, 2.75) is 19.8 Å². The number of benzene rings is 2. The van der Waals surface area contributed by atoms with Gasteiger partial charge in [0.1, 0.15) is 12.1 Å². The first kappa shape index (κ1) is 17.2. The minimum atomic E-state index is -0.130. The molecule has 0 aliphatic carbocycles. The zero-order valence-electron chi connectivity index (χ0n) is 15.4. The predicted octanol–water partition coefficient (Wildman–Crippen LogP) is 4.30. The lowest BCUT2D eigenvalue weighted by Gasteiger charge is -2.16. The molecule has 4 rings (SSSR count). The molecule has 0 bridgehead atoms. The number of aromatic nitrogens is 2. The second-order valence-electron chi connectivity index (χ2n) is 6.86. The Labute approximate surface area is 159 Å². The maximum Gasteiger partial charge on any atom is 0.255 e. The molecule has 1 fully saturated rings. The van der Waals surface area contributed by atoms with Crippen molar-refractivity contribution in [3.05, 3.63) is 72.1 Å². The molecule has 5 nitrogen and oxygen atoms in total. The molecule has 1 aliphatic heterocycles. The molecule has 0 spiro atoms. The average molecular weight is 358 g/mol. The molecule has 1 saturated heterocycles. The van der Waals surface area contributed by atoms with Gasteiger partial charge in [0, 0.05) is 36.0 Å². The summed E-state index contributed by atoms with van der Waals surface area (Å²) in [5, 5.41) is 2.94. The van der Waals surface area contributed by atoms with E-state index in [1.165, 1.54) is 12.8 Å². The summed E-state index contributed by atoms with van der Waals surface area (Å²) < 4.78 is 0. The van der Waals surface area contributed by atoms with Crippen LogP contribution in [0.25, 0.3) is 11.3 Å². The summed E-state index contributed by atoms with van der Waals surface area (Å²) in [6.45, 7) is 4.10. The van der Waals surface area contributed by atoms with Gasteiger partial charge in [-0.3, -0.25) is 4.79 Å². The van der Waals surface area contributed by atoms with Crippen LogP contribution in [0.1, 0.15) is 28.8 Å². The highest BCUT2D eigenvalue weighted by atomic mass is 16.1. The number of amides is 1. The summed E-state index contributed by atoms with van der Waals surface area (Å²) in [5.74, 6) is 0.821. The van der Waals surface area contributed by atoms with Crippen LogP contribution in [-0.4, -0.2) is 29.0 Å². The summed E-state index contributed by atoms with van der Waals surface area (Å²) in [5.41, 5.74) is 4.29. The Hall–Kier alpha value is -3.21. The van der Waals surface area contributed by atoms with Gasteiger partial charge in [-0.15, -0.1) is 0 Å². The van der Waals surface area contributed by atoms with Crippen LogP contribution in [0.5, 0.6) is 0 Å². The van der Waals surface area contributed by atoms with Gasteiger partial charge in [0.15, 0.2) is 0 Å². The third kappa shape index (κ3) is 3.97. The lowest BCUT2D eigenvalue weighted by molar-refractivity contribution is 0.102. The molecule has 0 saturated carbocycles. The van der Waals surface area contributed by atoms with Gasteiger partial charge >= 0.3 is 0 Å². The SMILES string of the molecule is Cc1ccc(NC(=O)c2cccc(-c3cc(N4CCCC4)ncn3)c2)cc1. The van der Waals surface area contributed by atoms with Crippen LogP contribution in [-0.2, 0) is 0 Å². The molecular formula is C22H22N4O.